The molecule has 2 N–H and O–H groups in total. The van der Waals surface area contributed by atoms with Crippen LogP contribution in [0.5, 0.6) is 0 Å². The maximum Gasteiger partial charge on any atom is 0.122 e. The number of rotatable bonds is 3. The van der Waals surface area contributed by atoms with Gasteiger partial charge in [-0.25, -0.2) is 4.68 Å². The number of nitrogens with zero attached hydrogens (tertiary/aromatic N) is 2. The number of nitrogen functional groups attached to an aromatic ring is 1. The minimum Gasteiger partial charge on any atom is -0.384 e. The van der Waals surface area contributed by atoms with Crippen LogP contribution in [0.25, 0.3) is 0 Å². The fraction of sp³-hybridized carbons (Fsp3) is 0.750. The van der Waals surface area contributed by atoms with Crippen molar-refractivity contribution in [1.29, 1.82) is 0 Å². The first kappa shape index (κ1) is 11.5. The van der Waals surface area contributed by atoms with Gasteiger partial charge < -0.3 is 10.5 Å². The van der Waals surface area contributed by atoms with Crippen LogP contribution in [0.1, 0.15) is 44.3 Å². The van der Waals surface area contributed by atoms with Crippen LogP contribution >= 0.6 is 0 Å². The van der Waals surface area contributed by atoms with Crippen molar-refractivity contribution in [3.05, 3.63) is 11.8 Å². The maximum absolute atomic E-state index is 5.95. The van der Waals surface area contributed by atoms with E-state index in [1.807, 2.05) is 17.7 Å². The Kier molecular flexibility index (Phi) is 3.49. The van der Waals surface area contributed by atoms with Crippen molar-refractivity contribution < 1.29 is 4.74 Å². The van der Waals surface area contributed by atoms with Gasteiger partial charge in [0.05, 0.1) is 17.8 Å². The zero-order chi connectivity index (χ0) is 11.5. The van der Waals surface area contributed by atoms with Crippen LogP contribution in [0, 0.1) is 6.92 Å². The van der Waals surface area contributed by atoms with E-state index in [1.165, 1.54) is 6.42 Å². The molecule has 1 aliphatic heterocycles. The van der Waals surface area contributed by atoms with Crippen LogP contribution in [-0.4, -0.2) is 22.5 Å². The smallest absolute Gasteiger partial charge is 0.122 e. The molecule has 0 saturated carbocycles. The Morgan fingerprint density at radius 3 is 3.06 bits per heavy atom. The first-order chi connectivity index (χ1) is 7.70. The minimum atomic E-state index is 0.382. The summed E-state index contributed by atoms with van der Waals surface area (Å²) >= 11 is 0. The third-order valence-electron chi connectivity index (χ3n) is 3.18. The first-order valence-corrected chi connectivity index (χ1v) is 6.14. The van der Waals surface area contributed by atoms with Gasteiger partial charge in [-0.15, -0.1) is 0 Å². The van der Waals surface area contributed by atoms with E-state index in [2.05, 4.69) is 12.0 Å². The summed E-state index contributed by atoms with van der Waals surface area (Å²) in [5.41, 5.74) is 6.95. The zero-order valence-corrected chi connectivity index (χ0v) is 10.1. The standard InChI is InChI=1S/C12H21N3O/c1-3-4-11-8-10(5-6-16-11)15-12(13)7-9(2)14-15/h7,10-11H,3-6,8,13H2,1-2H3. The quantitative estimate of drug-likeness (QED) is 0.855. The molecule has 4 heteroatoms. The van der Waals surface area contributed by atoms with Gasteiger partial charge in [0, 0.05) is 12.7 Å². The van der Waals surface area contributed by atoms with Gasteiger partial charge in [0.25, 0.3) is 0 Å². The third-order valence-corrected chi connectivity index (χ3v) is 3.18. The number of ether oxygens (including phenoxy) is 1. The molecule has 0 radical (unpaired) electrons. The van der Waals surface area contributed by atoms with Crippen LogP contribution in [0.3, 0.4) is 0 Å². The van der Waals surface area contributed by atoms with Crippen LogP contribution in [-0.2, 0) is 4.74 Å². The van der Waals surface area contributed by atoms with Gasteiger partial charge in [-0.2, -0.15) is 5.10 Å². The number of hydrogen-bond acceptors (Lipinski definition) is 3. The van der Waals surface area contributed by atoms with E-state index in [4.69, 9.17) is 10.5 Å². The number of nitrogens with two attached hydrogens (primary N) is 1. The summed E-state index contributed by atoms with van der Waals surface area (Å²) in [5.74, 6) is 0.777. The molecule has 2 atom stereocenters. The summed E-state index contributed by atoms with van der Waals surface area (Å²) in [5, 5.41) is 4.46. The Hall–Kier alpha value is -1.03. The van der Waals surface area contributed by atoms with Gasteiger partial charge in [-0.05, 0) is 26.2 Å². The van der Waals surface area contributed by atoms with Crippen molar-refractivity contribution >= 4 is 5.82 Å². The molecular formula is C12H21N3O. The van der Waals surface area contributed by atoms with Crippen molar-refractivity contribution in [2.24, 2.45) is 0 Å². The lowest BCUT2D eigenvalue weighted by atomic mass is 10.0. The van der Waals surface area contributed by atoms with Crippen LogP contribution in [0.2, 0.25) is 0 Å². The molecule has 90 valence electrons. The fourth-order valence-electron chi connectivity index (χ4n) is 2.43. The van der Waals surface area contributed by atoms with E-state index < -0.39 is 0 Å². The maximum atomic E-state index is 5.95. The molecule has 2 unspecified atom stereocenters. The van der Waals surface area contributed by atoms with Crippen molar-refractivity contribution in [2.75, 3.05) is 12.3 Å². The van der Waals surface area contributed by atoms with Gasteiger partial charge in [0.1, 0.15) is 5.82 Å². The Bertz CT molecular complexity index is 346. The van der Waals surface area contributed by atoms with Gasteiger partial charge in [-0.1, -0.05) is 13.3 Å². The molecule has 0 aromatic carbocycles. The molecule has 2 rings (SSSR count). The van der Waals surface area contributed by atoms with E-state index >= 15 is 0 Å². The minimum absolute atomic E-state index is 0.382. The summed E-state index contributed by atoms with van der Waals surface area (Å²) in [6.45, 7) is 5.00. The topological polar surface area (TPSA) is 53.1 Å². The van der Waals surface area contributed by atoms with Crippen LogP contribution in [0.4, 0.5) is 5.82 Å². The van der Waals surface area contributed by atoms with Crippen molar-refractivity contribution in [1.82, 2.24) is 9.78 Å². The second kappa shape index (κ2) is 4.87. The molecule has 0 amide bonds. The number of hydrogen-bond donors (Lipinski definition) is 1. The van der Waals surface area contributed by atoms with Crippen molar-refractivity contribution in [3.63, 3.8) is 0 Å². The molecule has 1 aromatic rings. The molecule has 1 aliphatic rings. The van der Waals surface area contributed by atoms with Crippen LogP contribution in [0.15, 0.2) is 6.07 Å². The number of aryl methyl sites for hydroxylation is 1. The Labute approximate surface area is 96.8 Å². The Balaban J connectivity index is 2.06. The molecule has 0 aliphatic carbocycles. The van der Waals surface area contributed by atoms with Crippen molar-refractivity contribution in [3.8, 4) is 0 Å². The second-order valence-corrected chi connectivity index (χ2v) is 4.61. The second-order valence-electron chi connectivity index (χ2n) is 4.61. The van der Waals surface area contributed by atoms with E-state index in [0.717, 1.165) is 37.4 Å². The predicted molar refractivity (Wildman–Crippen MR) is 64.3 cm³/mol. The van der Waals surface area contributed by atoms with E-state index in [9.17, 15) is 0 Å². The van der Waals surface area contributed by atoms with E-state index in [-0.39, 0.29) is 0 Å². The molecule has 16 heavy (non-hydrogen) atoms. The highest BCUT2D eigenvalue weighted by Crippen LogP contribution is 2.28. The van der Waals surface area contributed by atoms with E-state index in [0.29, 0.717) is 12.1 Å². The highest BCUT2D eigenvalue weighted by molar-refractivity contribution is 5.30. The largest absolute Gasteiger partial charge is 0.384 e. The summed E-state index contributed by atoms with van der Waals surface area (Å²) < 4.78 is 7.71. The molecule has 0 spiro atoms. The predicted octanol–water partition coefficient (Wildman–Crippen LogP) is 2.29. The fourth-order valence-corrected chi connectivity index (χ4v) is 2.43. The molecule has 4 nitrogen and oxygen atoms in total. The SMILES string of the molecule is CCCC1CC(n2nc(C)cc2N)CCO1. The molecular weight excluding hydrogens is 202 g/mol. The lowest BCUT2D eigenvalue weighted by Gasteiger charge is -2.30. The lowest BCUT2D eigenvalue weighted by molar-refractivity contribution is -0.0120. The molecule has 2 heterocycles. The summed E-state index contributed by atoms with van der Waals surface area (Å²) in [6, 6.07) is 2.35. The highest BCUT2D eigenvalue weighted by Gasteiger charge is 2.24. The average Bonchev–Trinajstić information content (AvgIpc) is 2.59. The Morgan fingerprint density at radius 2 is 2.44 bits per heavy atom. The summed E-state index contributed by atoms with van der Waals surface area (Å²) in [6.07, 6.45) is 4.75. The van der Waals surface area contributed by atoms with Gasteiger partial charge in [0.15, 0.2) is 0 Å². The zero-order valence-electron chi connectivity index (χ0n) is 10.1. The van der Waals surface area contributed by atoms with Gasteiger partial charge in [-0.3, -0.25) is 0 Å². The number of anilines is 1. The van der Waals surface area contributed by atoms with Gasteiger partial charge >= 0.3 is 0 Å². The lowest BCUT2D eigenvalue weighted by Crippen LogP contribution is -2.28. The Morgan fingerprint density at radius 1 is 1.62 bits per heavy atom. The molecule has 1 aromatic heterocycles. The molecule has 0 bridgehead atoms. The summed E-state index contributed by atoms with van der Waals surface area (Å²) in [4.78, 5) is 0. The van der Waals surface area contributed by atoms with Gasteiger partial charge in [0.2, 0.25) is 0 Å². The van der Waals surface area contributed by atoms with Crippen molar-refractivity contribution in [2.45, 2.75) is 51.7 Å². The normalized spacial score (nSPS) is 25.9. The molecule has 1 fully saturated rings. The van der Waals surface area contributed by atoms with E-state index in [1.54, 1.807) is 0 Å². The monoisotopic (exact) mass is 223 g/mol. The molecule has 1 saturated heterocycles. The number of aromatic nitrogens is 2. The third kappa shape index (κ3) is 2.38. The highest BCUT2D eigenvalue weighted by atomic mass is 16.5. The van der Waals surface area contributed by atoms with Crippen LogP contribution < -0.4 is 5.73 Å². The first-order valence-electron chi connectivity index (χ1n) is 6.14. The average molecular weight is 223 g/mol. The summed E-state index contributed by atoms with van der Waals surface area (Å²) in [7, 11) is 0.